The van der Waals surface area contributed by atoms with Gasteiger partial charge in [-0.1, -0.05) is 24.3 Å². The Labute approximate surface area is 180 Å². The molecule has 0 spiro atoms. The number of nitrogen functional groups attached to an aromatic ring is 1. The molecule has 7 nitrogen and oxygen atoms in total. The van der Waals surface area contributed by atoms with Gasteiger partial charge < -0.3 is 15.2 Å². The van der Waals surface area contributed by atoms with Gasteiger partial charge in [-0.15, -0.1) is 22.7 Å². The van der Waals surface area contributed by atoms with Gasteiger partial charge in [-0.05, 0) is 24.4 Å². The minimum absolute atomic E-state index is 0.0683. The monoisotopic (exact) mass is 440 g/mol. The van der Waals surface area contributed by atoms with E-state index in [2.05, 4.69) is 0 Å². The van der Waals surface area contributed by atoms with Crippen LogP contribution in [0.4, 0.5) is 5.00 Å². The van der Waals surface area contributed by atoms with Crippen LogP contribution < -0.4 is 5.73 Å². The van der Waals surface area contributed by atoms with E-state index in [-0.39, 0.29) is 51.1 Å². The molecule has 0 amide bonds. The molecule has 2 N–H and O–H groups in total. The van der Waals surface area contributed by atoms with Crippen LogP contribution in [-0.2, 0) is 16.1 Å². The Balaban J connectivity index is 1.87. The molecule has 3 aromatic rings. The van der Waals surface area contributed by atoms with Crippen molar-refractivity contribution in [2.24, 2.45) is 0 Å². The van der Waals surface area contributed by atoms with Crippen molar-refractivity contribution in [2.75, 3.05) is 12.3 Å². The lowest BCUT2D eigenvalue weighted by molar-refractivity contribution is 0.0451. The first-order valence-corrected chi connectivity index (χ1v) is 10.5. The van der Waals surface area contributed by atoms with Gasteiger partial charge in [0.05, 0.1) is 22.6 Å². The number of hydrogen-bond acceptors (Lipinski definition) is 9. The number of ketones is 1. The maximum Gasteiger partial charge on any atom is 0.348 e. The summed E-state index contributed by atoms with van der Waals surface area (Å²) in [6, 6.07) is 11.7. The van der Waals surface area contributed by atoms with Gasteiger partial charge in [-0.3, -0.25) is 4.79 Å². The lowest BCUT2D eigenvalue weighted by atomic mass is 10.0. The molecule has 2 aromatic heterocycles. The normalized spacial score (nSPS) is 10.3. The van der Waals surface area contributed by atoms with E-state index in [4.69, 9.17) is 15.2 Å². The summed E-state index contributed by atoms with van der Waals surface area (Å²) < 4.78 is 10.3. The number of nitriles is 1. The molecule has 0 bridgehead atoms. The molecular weight excluding hydrogens is 424 g/mol. The summed E-state index contributed by atoms with van der Waals surface area (Å²) in [5.74, 6) is -1.68. The molecule has 30 heavy (non-hydrogen) atoms. The third-order valence-corrected chi connectivity index (χ3v) is 6.00. The van der Waals surface area contributed by atoms with E-state index in [0.717, 1.165) is 11.3 Å². The van der Waals surface area contributed by atoms with E-state index in [1.165, 1.54) is 17.4 Å². The van der Waals surface area contributed by atoms with Crippen LogP contribution in [0.3, 0.4) is 0 Å². The van der Waals surface area contributed by atoms with E-state index in [1.807, 2.05) is 6.07 Å². The molecule has 2 heterocycles. The molecule has 9 heteroatoms. The zero-order valence-corrected chi connectivity index (χ0v) is 17.5. The van der Waals surface area contributed by atoms with Crippen molar-refractivity contribution in [2.45, 2.75) is 13.5 Å². The maximum atomic E-state index is 12.7. The molecule has 1 aromatic carbocycles. The van der Waals surface area contributed by atoms with Gasteiger partial charge >= 0.3 is 11.9 Å². The second kappa shape index (κ2) is 9.35. The Morgan fingerprint density at radius 1 is 1.07 bits per heavy atom. The standard InChI is InChI=1S/C21H16N2O5S2/c1-2-27-21(26)18-15(14(10-22)19(23)30-18)11-28-20(25)13-7-4-3-6-12(13)17(24)16-8-5-9-29-16/h3-9H,2,11,23H2,1H3. The molecule has 0 saturated heterocycles. The van der Waals surface area contributed by atoms with Crippen LogP contribution in [0, 0.1) is 11.3 Å². The first-order valence-electron chi connectivity index (χ1n) is 8.80. The van der Waals surface area contributed by atoms with Crippen LogP contribution in [0.15, 0.2) is 41.8 Å². The Hall–Kier alpha value is -3.48. The summed E-state index contributed by atoms with van der Waals surface area (Å²) in [4.78, 5) is 38.2. The van der Waals surface area contributed by atoms with Gasteiger partial charge in [0.2, 0.25) is 5.78 Å². The summed E-state index contributed by atoms with van der Waals surface area (Å²) in [5.41, 5.74) is 6.39. The Kier molecular flexibility index (Phi) is 6.61. The summed E-state index contributed by atoms with van der Waals surface area (Å²) >= 11 is 2.18. The Bertz CT molecular complexity index is 1140. The number of hydrogen-bond donors (Lipinski definition) is 1. The molecule has 152 valence electrons. The van der Waals surface area contributed by atoms with Crippen molar-refractivity contribution in [3.8, 4) is 6.07 Å². The zero-order chi connectivity index (χ0) is 21.7. The van der Waals surface area contributed by atoms with Crippen LogP contribution in [0.2, 0.25) is 0 Å². The van der Waals surface area contributed by atoms with Crippen LogP contribution in [0.25, 0.3) is 0 Å². The number of thiophene rings is 2. The molecule has 0 aliphatic carbocycles. The maximum absolute atomic E-state index is 12.7. The van der Waals surface area contributed by atoms with Gasteiger partial charge in [0.1, 0.15) is 22.6 Å². The van der Waals surface area contributed by atoms with Crippen molar-refractivity contribution in [3.05, 3.63) is 73.8 Å². The smallest absolute Gasteiger partial charge is 0.348 e. The van der Waals surface area contributed by atoms with Gasteiger partial charge in [-0.2, -0.15) is 5.26 Å². The molecule has 0 unspecified atom stereocenters. The predicted molar refractivity (Wildman–Crippen MR) is 113 cm³/mol. The molecule has 3 rings (SSSR count). The zero-order valence-electron chi connectivity index (χ0n) is 15.8. The third kappa shape index (κ3) is 4.25. The summed E-state index contributed by atoms with van der Waals surface area (Å²) in [5, 5.41) is 11.3. The predicted octanol–water partition coefficient (Wildman–Crippen LogP) is 4.03. The fourth-order valence-corrected chi connectivity index (χ4v) is 4.32. The fraction of sp³-hybridized carbons (Fsp3) is 0.143. The second-order valence-corrected chi connectivity index (χ2v) is 7.91. The highest BCUT2D eigenvalue weighted by Gasteiger charge is 2.25. The SMILES string of the molecule is CCOC(=O)c1sc(N)c(C#N)c1COC(=O)c1ccccc1C(=O)c1cccs1. The number of benzene rings is 1. The number of ether oxygens (including phenoxy) is 2. The first-order chi connectivity index (χ1) is 14.5. The lowest BCUT2D eigenvalue weighted by Gasteiger charge is -2.09. The minimum Gasteiger partial charge on any atom is -0.462 e. The molecule has 0 aliphatic heterocycles. The number of carbonyl (C=O) groups excluding carboxylic acids is 3. The second-order valence-electron chi connectivity index (χ2n) is 5.91. The lowest BCUT2D eigenvalue weighted by Crippen LogP contribution is -2.13. The van der Waals surface area contributed by atoms with Gasteiger partial charge in [0.15, 0.2) is 0 Å². The van der Waals surface area contributed by atoms with Crippen molar-refractivity contribution in [1.29, 1.82) is 5.26 Å². The molecule has 0 radical (unpaired) electrons. The number of nitrogens with two attached hydrogens (primary N) is 1. The summed E-state index contributed by atoms with van der Waals surface area (Å²) in [6.45, 7) is 1.45. The highest BCUT2D eigenvalue weighted by Crippen LogP contribution is 2.32. The molecule has 0 aliphatic rings. The van der Waals surface area contributed by atoms with E-state index in [9.17, 15) is 19.6 Å². The molecular formula is C21H16N2O5S2. The summed E-state index contributed by atoms with van der Waals surface area (Å²) in [7, 11) is 0. The number of esters is 2. The largest absolute Gasteiger partial charge is 0.462 e. The fourth-order valence-electron chi connectivity index (χ4n) is 2.72. The van der Waals surface area contributed by atoms with Crippen molar-refractivity contribution >= 4 is 45.4 Å². The third-order valence-electron chi connectivity index (χ3n) is 4.09. The van der Waals surface area contributed by atoms with Crippen LogP contribution in [0.5, 0.6) is 0 Å². The average molecular weight is 441 g/mol. The summed E-state index contributed by atoms with van der Waals surface area (Å²) in [6.07, 6.45) is 0. The van der Waals surface area contributed by atoms with Gasteiger partial charge in [0, 0.05) is 11.1 Å². The van der Waals surface area contributed by atoms with Crippen molar-refractivity contribution in [3.63, 3.8) is 0 Å². The molecule has 0 atom stereocenters. The number of anilines is 1. The van der Waals surface area contributed by atoms with E-state index in [0.29, 0.717) is 4.88 Å². The van der Waals surface area contributed by atoms with Crippen molar-refractivity contribution in [1.82, 2.24) is 0 Å². The molecule has 0 fully saturated rings. The van der Waals surface area contributed by atoms with Crippen molar-refractivity contribution < 1.29 is 23.9 Å². The Morgan fingerprint density at radius 2 is 1.80 bits per heavy atom. The average Bonchev–Trinajstić information content (AvgIpc) is 3.39. The van der Waals surface area contributed by atoms with E-state index in [1.54, 1.807) is 42.6 Å². The molecule has 0 saturated carbocycles. The number of carbonyl (C=O) groups is 3. The Morgan fingerprint density at radius 3 is 2.43 bits per heavy atom. The number of rotatable bonds is 7. The van der Waals surface area contributed by atoms with E-state index < -0.39 is 11.9 Å². The first kappa shape index (κ1) is 21.2. The van der Waals surface area contributed by atoms with Crippen LogP contribution >= 0.6 is 22.7 Å². The van der Waals surface area contributed by atoms with Gasteiger partial charge in [0.25, 0.3) is 0 Å². The minimum atomic E-state index is -0.751. The van der Waals surface area contributed by atoms with Crippen LogP contribution in [-0.4, -0.2) is 24.3 Å². The van der Waals surface area contributed by atoms with Gasteiger partial charge in [-0.25, -0.2) is 9.59 Å². The topological polar surface area (TPSA) is 119 Å². The van der Waals surface area contributed by atoms with E-state index >= 15 is 0 Å². The highest BCUT2D eigenvalue weighted by molar-refractivity contribution is 7.18. The quantitative estimate of drug-likeness (QED) is 0.435. The highest BCUT2D eigenvalue weighted by atomic mass is 32.1. The van der Waals surface area contributed by atoms with Crippen LogP contribution in [0.1, 0.15) is 53.3 Å². The number of nitrogens with zero attached hydrogens (tertiary/aromatic N) is 1.